The lowest BCUT2D eigenvalue weighted by atomic mass is 9.88. The van der Waals surface area contributed by atoms with Crippen LogP contribution in [0.1, 0.15) is 36.5 Å². The Bertz CT molecular complexity index is 292. The van der Waals surface area contributed by atoms with E-state index in [1.54, 1.807) is 0 Å². The van der Waals surface area contributed by atoms with Crippen molar-refractivity contribution in [3.05, 3.63) is 22.9 Å². The third-order valence-corrected chi connectivity index (χ3v) is 2.40. The third kappa shape index (κ3) is 1.52. The second kappa shape index (κ2) is 3.30. The molecule has 0 aliphatic heterocycles. The van der Waals surface area contributed by atoms with Crippen LogP contribution in [-0.4, -0.2) is 12.8 Å². The van der Waals surface area contributed by atoms with Gasteiger partial charge in [-0.1, -0.05) is 13.8 Å². The van der Waals surface area contributed by atoms with Gasteiger partial charge in [-0.15, -0.1) is 0 Å². The highest BCUT2D eigenvalue weighted by atomic mass is 14.6. The van der Waals surface area contributed by atoms with Crippen LogP contribution in [-0.2, 0) is 0 Å². The zero-order valence-corrected chi connectivity index (χ0v) is 8.60. The SMILES string of the molecule is Bc1ncc(C)c(C(C)C)c1C. The van der Waals surface area contributed by atoms with Crippen molar-refractivity contribution in [1.82, 2.24) is 4.98 Å². The van der Waals surface area contributed by atoms with Gasteiger partial charge in [0.15, 0.2) is 7.85 Å². The van der Waals surface area contributed by atoms with Gasteiger partial charge in [-0.2, -0.15) is 0 Å². The summed E-state index contributed by atoms with van der Waals surface area (Å²) in [6.07, 6.45) is 1.97. The second-order valence-corrected chi connectivity index (χ2v) is 3.72. The number of hydrogen-bond acceptors (Lipinski definition) is 1. The predicted molar refractivity (Wildman–Crippen MR) is 56.0 cm³/mol. The van der Waals surface area contributed by atoms with Gasteiger partial charge in [-0.3, -0.25) is 4.98 Å². The lowest BCUT2D eigenvalue weighted by Crippen LogP contribution is -2.16. The van der Waals surface area contributed by atoms with Crippen LogP contribution in [0.4, 0.5) is 0 Å². The van der Waals surface area contributed by atoms with Gasteiger partial charge < -0.3 is 0 Å². The van der Waals surface area contributed by atoms with E-state index in [9.17, 15) is 0 Å². The van der Waals surface area contributed by atoms with Crippen molar-refractivity contribution >= 4 is 13.4 Å². The summed E-state index contributed by atoms with van der Waals surface area (Å²) in [6.45, 7) is 8.75. The first-order valence-corrected chi connectivity index (χ1v) is 4.46. The van der Waals surface area contributed by atoms with Gasteiger partial charge in [-0.25, -0.2) is 0 Å². The van der Waals surface area contributed by atoms with Crippen molar-refractivity contribution in [2.24, 2.45) is 0 Å². The normalized spacial score (nSPS) is 10.8. The molecule has 0 saturated heterocycles. The predicted octanol–water partition coefficient (Wildman–Crippen LogP) is 1.08. The average Bonchev–Trinajstić information content (AvgIpc) is 1.97. The van der Waals surface area contributed by atoms with E-state index in [0.717, 1.165) is 5.59 Å². The summed E-state index contributed by atoms with van der Waals surface area (Å²) in [5, 5.41) is 0. The molecule has 1 nitrogen and oxygen atoms in total. The molecular formula is C10H16BN. The lowest BCUT2D eigenvalue weighted by Gasteiger charge is -2.14. The molecule has 0 aliphatic carbocycles. The Morgan fingerprint density at radius 1 is 1.33 bits per heavy atom. The highest BCUT2D eigenvalue weighted by Gasteiger charge is 2.08. The number of nitrogens with zero attached hydrogens (tertiary/aromatic N) is 1. The molecule has 2 heteroatoms. The van der Waals surface area contributed by atoms with Gasteiger partial charge in [0.2, 0.25) is 0 Å². The Hall–Kier alpha value is -0.785. The fourth-order valence-electron chi connectivity index (χ4n) is 1.74. The van der Waals surface area contributed by atoms with E-state index in [1.807, 2.05) is 6.20 Å². The van der Waals surface area contributed by atoms with E-state index in [-0.39, 0.29) is 0 Å². The molecule has 0 saturated carbocycles. The van der Waals surface area contributed by atoms with Crippen LogP contribution in [0.5, 0.6) is 0 Å². The molecule has 12 heavy (non-hydrogen) atoms. The lowest BCUT2D eigenvalue weighted by molar-refractivity contribution is 0.843. The molecule has 0 radical (unpaired) electrons. The zero-order valence-electron chi connectivity index (χ0n) is 8.60. The zero-order chi connectivity index (χ0) is 9.30. The number of pyridine rings is 1. The summed E-state index contributed by atoms with van der Waals surface area (Å²) in [7, 11) is 2.07. The molecule has 0 fully saturated rings. The maximum atomic E-state index is 4.32. The van der Waals surface area contributed by atoms with E-state index in [4.69, 9.17) is 0 Å². The van der Waals surface area contributed by atoms with Crippen LogP contribution in [0.25, 0.3) is 0 Å². The Kier molecular flexibility index (Phi) is 2.56. The molecule has 0 spiro atoms. The van der Waals surface area contributed by atoms with Crippen LogP contribution in [0.3, 0.4) is 0 Å². The third-order valence-electron chi connectivity index (χ3n) is 2.40. The summed E-state index contributed by atoms with van der Waals surface area (Å²) in [5.41, 5.74) is 5.28. The maximum absolute atomic E-state index is 4.32. The van der Waals surface area contributed by atoms with Gasteiger partial charge in [0, 0.05) is 6.20 Å². The minimum atomic E-state index is 0.603. The van der Waals surface area contributed by atoms with E-state index in [2.05, 4.69) is 40.5 Å². The fraction of sp³-hybridized carbons (Fsp3) is 0.500. The van der Waals surface area contributed by atoms with Crippen molar-refractivity contribution < 1.29 is 0 Å². The van der Waals surface area contributed by atoms with Crippen LogP contribution in [0.15, 0.2) is 6.20 Å². The van der Waals surface area contributed by atoms with Gasteiger partial charge in [-0.05, 0) is 42.0 Å². The largest absolute Gasteiger partial charge is 0.272 e. The molecule has 0 amide bonds. The van der Waals surface area contributed by atoms with E-state index >= 15 is 0 Å². The standard InChI is InChI=1S/C10H16BN/c1-6(2)9-7(3)5-12-10(11)8(9)4/h5-6H,11H2,1-4H3. The van der Waals surface area contributed by atoms with Crippen molar-refractivity contribution in [2.45, 2.75) is 33.6 Å². The Labute approximate surface area is 75.6 Å². The molecule has 1 rings (SSSR count). The van der Waals surface area contributed by atoms with E-state index in [0.29, 0.717) is 5.92 Å². The quantitative estimate of drug-likeness (QED) is 0.561. The molecule has 0 aromatic carbocycles. The Balaban J connectivity index is 3.33. The van der Waals surface area contributed by atoms with Crippen LogP contribution in [0, 0.1) is 13.8 Å². The minimum absolute atomic E-state index is 0.603. The Morgan fingerprint density at radius 3 is 2.33 bits per heavy atom. The first-order valence-electron chi connectivity index (χ1n) is 4.46. The molecular weight excluding hydrogens is 145 g/mol. The maximum Gasteiger partial charge on any atom is 0.164 e. The van der Waals surface area contributed by atoms with Crippen molar-refractivity contribution in [3.63, 3.8) is 0 Å². The monoisotopic (exact) mass is 161 g/mol. The molecule has 64 valence electrons. The molecule has 1 heterocycles. The van der Waals surface area contributed by atoms with Gasteiger partial charge in [0.05, 0.1) is 0 Å². The summed E-state index contributed by atoms with van der Waals surface area (Å²) in [6, 6.07) is 0. The van der Waals surface area contributed by atoms with E-state index in [1.165, 1.54) is 16.7 Å². The number of aromatic nitrogens is 1. The first-order chi connectivity index (χ1) is 5.54. The number of aryl methyl sites for hydroxylation is 1. The molecule has 0 N–H and O–H groups in total. The summed E-state index contributed by atoms with van der Waals surface area (Å²) >= 11 is 0. The van der Waals surface area contributed by atoms with Crippen LogP contribution >= 0.6 is 0 Å². The minimum Gasteiger partial charge on any atom is -0.272 e. The number of hydrogen-bond donors (Lipinski definition) is 0. The fourth-order valence-corrected chi connectivity index (χ4v) is 1.74. The summed E-state index contributed by atoms with van der Waals surface area (Å²) in [4.78, 5) is 4.32. The average molecular weight is 161 g/mol. The molecule has 0 atom stereocenters. The van der Waals surface area contributed by atoms with Crippen LogP contribution < -0.4 is 5.59 Å². The smallest absolute Gasteiger partial charge is 0.164 e. The second-order valence-electron chi connectivity index (χ2n) is 3.72. The van der Waals surface area contributed by atoms with Gasteiger partial charge in [0.1, 0.15) is 0 Å². The molecule has 0 aliphatic rings. The number of rotatable bonds is 1. The molecule has 1 aromatic heterocycles. The highest BCUT2D eigenvalue weighted by Crippen LogP contribution is 2.20. The molecule has 0 bridgehead atoms. The van der Waals surface area contributed by atoms with Gasteiger partial charge in [0.25, 0.3) is 0 Å². The Morgan fingerprint density at radius 2 is 1.92 bits per heavy atom. The molecule has 0 unspecified atom stereocenters. The van der Waals surface area contributed by atoms with Crippen molar-refractivity contribution in [3.8, 4) is 0 Å². The van der Waals surface area contributed by atoms with Crippen molar-refractivity contribution in [1.29, 1.82) is 0 Å². The van der Waals surface area contributed by atoms with E-state index < -0.39 is 0 Å². The topological polar surface area (TPSA) is 12.9 Å². The van der Waals surface area contributed by atoms with Crippen LogP contribution in [0.2, 0.25) is 0 Å². The molecule has 1 aromatic rings. The summed E-state index contributed by atoms with van der Waals surface area (Å²) in [5.74, 6) is 0.603. The van der Waals surface area contributed by atoms with Crippen molar-refractivity contribution in [2.75, 3.05) is 0 Å². The summed E-state index contributed by atoms with van der Waals surface area (Å²) < 4.78 is 0. The first kappa shape index (κ1) is 9.30. The van der Waals surface area contributed by atoms with Gasteiger partial charge >= 0.3 is 0 Å². The highest BCUT2D eigenvalue weighted by molar-refractivity contribution is 6.31.